The number of H-pyrrole nitrogens is 1. The van der Waals surface area contributed by atoms with Gasteiger partial charge in [0.1, 0.15) is 6.61 Å². The summed E-state index contributed by atoms with van der Waals surface area (Å²) in [7, 11) is 0. The fourth-order valence-corrected chi connectivity index (χ4v) is 2.36. The highest BCUT2D eigenvalue weighted by molar-refractivity contribution is 5.81. The lowest BCUT2D eigenvalue weighted by molar-refractivity contribution is -0.132. The number of hydrogen-bond donors (Lipinski definition) is 1. The highest BCUT2D eigenvalue weighted by Crippen LogP contribution is 2.28. The maximum atomic E-state index is 11.7. The number of pyridine rings is 1. The molecule has 3 rings (SSSR count). The van der Waals surface area contributed by atoms with E-state index >= 15 is 0 Å². The van der Waals surface area contributed by atoms with Crippen LogP contribution in [0.5, 0.6) is 11.5 Å². The smallest absolute Gasteiger partial charge is 0.308 e. The number of carbonyl (C=O) groups is 1. The van der Waals surface area contributed by atoms with E-state index < -0.39 is 5.97 Å². The monoisotopic (exact) mass is 309 g/mol. The van der Waals surface area contributed by atoms with Crippen molar-refractivity contribution in [2.45, 2.75) is 13.5 Å². The second kappa shape index (κ2) is 6.36. The number of rotatable bonds is 4. The molecule has 0 aliphatic carbocycles. The van der Waals surface area contributed by atoms with E-state index in [2.05, 4.69) is 4.98 Å². The van der Waals surface area contributed by atoms with Gasteiger partial charge in [-0.15, -0.1) is 0 Å². The van der Waals surface area contributed by atoms with Gasteiger partial charge in [-0.1, -0.05) is 30.3 Å². The number of ether oxygens (including phenoxy) is 2. The zero-order valence-electron chi connectivity index (χ0n) is 12.5. The molecule has 0 atom stereocenters. The van der Waals surface area contributed by atoms with Crippen molar-refractivity contribution in [3.05, 3.63) is 70.5 Å². The summed E-state index contributed by atoms with van der Waals surface area (Å²) in [5, 5.41) is 0.914. The molecule has 1 N–H and O–H groups in total. The summed E-state index contributed by atoms with van der Waals surface area (Å²) in [5.41, 5.74) is 1.34. The SMILES string of the molecule is CC(=O)Oc1ccccc1OCc1cc(=O)[nH]c2ccccc12. The Morgan fingerprint density at radius 2 is 1.74 bits per heavy atom. The Bertz CT molecular complexity index is 914. The molecule has 0 aliphatic rings. The lowest BCUT2D eigenvalue weighted by Gasteiger charge is -2.12. The van der Waals surface area contributed by atoms with Crippen LogP contribution >= 0.6 is 0 Å². The average molecular weight is 309 g/mol. The molecule has 3 aromatic rings. The van der Waals surface area contributed by atoms with Crippen molar-refractivity contribution >= 4 is 16.9 Å². The van der Waals surface area contributed by atoms with Gasteiger partial charge in [0.05, 0.1) is 0 Å². The molecule has 0 saturated carbocycles. The Kier molecular flexibility index (Phi) is 4.10. The third kappa shape index (κ3) is 3.40. The van der Waals surface area contributed by atoms with Gasteiger partial charge >= 0.3 is 5.97 Å². The zero-order chi connectivity index (χ0) is 16.2. The number of aromatic amines is 1. The normalized spacial score (nSPS) is 10.5. The molecule has 23 heavy (non-hydrogen) atoms. The van der Waals surface area contributed by atoms with Crippen LogP contribution in [-0.2, 0) is 11.4 Å². The number of aromatic nitrogens is 1. The Morgan fingerprint density at radius 1 is 1.04 bits per heavy atom. The molecular weight excluding hydrogens is 294 g/mol. The Morgan fingerprint density at radius 3 is 2.52 bits per heavy atom. The van der Waals surface area contributed by atoms with Crippen molar-refractivity contribution in [3.8, 4) is 11.5 Å². The van der Waals surface area contributed by atoms with Gasteiger partial charge in [0.15, 0.2) is 11.5 Å². The summed E-state index contributed by atoms with van der Waals surface area (Å²) in [6, 6.07) is 16.0. The van der Waals surface area contributed by atoms with Crippen molar-refractivity contribution in [2.24, 2.45) is 0 Å². The van der Waals surface area contributed by atoms with Gasteiger partial charge in [-0.3, -0.25) is 9.59 Å². The van der Waals surface area contributed by atoms with E-state index in [-0.39, 0.29) is 12.2 Å². The van der Waals surface area contributed by atoms with E-state index in [1.54, 1.807) is 24.3 Å². The molecule has 0 bridgehead atoms. The Hall–Kier alpha value is -3.08. The van der Waals surface area contributed by atoms with Gasteiger partial charge in [-0.2, -0.15) is 0 Å². The number of para-hydroxylation sites is 3. The summed E-state index contributed by atoms with van der Waals surface area (Å²) in [4.78, 5) is 25.7. The van der Waals surface area contributed by atoms with Gasteiger partial charge in [-0.25, -0.2) is 0 Å². The highest BCUT2D eigenvalue weighted by Gasteiger charge is 2.09. The van der Waals surface area contributed by atoms with E-state index in [0.29, 0.717) is 11.5 Å². The molecule has 0 fully saturated rings. The topological polar surface area (TPSA) is 68.4 Å². The summed E-state index contributed by atoms with van der Waals surface area (Å²) in [6.45, 7) is 1.53. The molecule has 1 heterocycles. The number of nitrogens with one attached hydrogen (secondary N) is 1. The van der Waals surface area contributed by atoms with Crippen molar-refractivity contribution in [2.75, 3.05) is 0 Å². The average Bonchev–Trinajstić information content (AvgIpc) is 2.53. The van der Waals surface area contributed by atoms with Gasteiger partial charge in [0, 0.05) is 29.5 Å². The van der Waals surface area contributed by atoms with Crippen molar-refractivity contribution in [3.63, 3.8) is 0 Å². The first-order valence-electron chi connectivity index (χ1n) is 7.14. The van der Waals surface area contributed by atoms with Crippen LogP contribution in [0.25, 0.3) is 10.9 Å². The molecule has 2 aromatic carbocycles. The maximum absolute atomic E-state index is 11.7. The minimum Gasteiger partial charge on any atom is -0.485 e. The van der Waals surface area contributed by atoms with Crippen LogP contribution in [0.1, 0.15) is 12.5 Å². The summed E-state index contributed by atoms with van der Waals surface area (Å²) in [6.07, 6.45) is 0. The summed E-state index contributed by atoms with van der Waals surface area (Å²) in [5.74, 6) is 0.392. The lowest BCUT2D eigenvalue weighted by atomic mass is 10.1. The molecule has 0 radical (unpaired) electrons. The molecule has 0 spiro atoms. The molecule has 0 saturated heterocycles. The number of esters is 1. The highest BCUT2D eigenvalue weighted by atomic mass is 16.6. The molecule has 5 heteroatoms. The molecular formula is C18H15NO4. The van der Waals surface area contributed by atoms with Crippen LogP contribution in [0.2, 0.25) is 0 Å². The molecule has 5 nitrogen and oxygen atoms in total. The van der Waals surface area contributed by atoms with Crippen LogP contribution in [0.4, 0.5) is 0 Å². The minimum atomic E-state index is -0.414. The summed E-state index contributed by atoms with van der Waals surface area (Å²) < 4.78 is 10.9. The van der Waals surface area contributed by atoms with E-state index in [4.69, 9.17) is 9.47 Å². The zero-order valence-corrected chi connectivity index (χ0v) is 12.5. The second-order valence-electron chi connectivity index (χ2n) is 5.03. The van der Waals surface area contributed by atoms with Crippen LogP contribution in [0, 0.1) is 0 Å². The maximum Gasteiger partial charge on any atom is 0.308 e. The van der Waals surface area contributed by atoms with Gasteiger partial charge < -0.3 is 14.5 Å². The number of carbonyl (C=O) groups excluding carboxylic acids is 1. The number of benzene rings is 2. The van der Waals surface area contributed by atoms with Crippen molar-refractivity contribution < 1.29 is 14.3 Å². The number of fused-ring (bicyclic) bond motifs is 1. The minimum absolute atomic E-state index is 0.185. The van der Waals surface area contributed by atoms with Gasteiger partial charge in [0.2, 0.25) is 5.56 Å². The molecule has 0 aliphatic heterocycles. The van der Waals surface area contributed by atoms with Crippen LogP contribution in [-0.4, -0.2) is 11.0 Å². The fourth-order valence-electron chi connectivity index (χ4n) is 2.36. The first-order valence-corrected chi connectivity index (χ1v) is 7.14. The summed E-state index contributed by atoms with van der Waals surface area (Å²) >= 11 is 0. The molecule has 0 unspecified atom stereocenters. The van der Waals surface area contributed by atoms with Crippen molar-refractivity contribution in [1.29, 1.82) is 0 Å². The predicted molar refractivity (Wildman–Crippen MR) is 86.7 cm³/mol. The van der Waals surface area contributed by atoms with Crippen LogP contribution in [0.15, 0.2) is 59.4 Å². The quantitative estimate of drug-likeness (QED) is 0.594. The first-order chi connectivity index (χ1) is 11.1. The first kappa shape index (κ1) is 14.8. The fraction of sp³-hybridized carbons (Fsp3) is 0.111. The van der Waals surface area contributed by atoms with E-state index in [1.807, 2.05) is 24.3 Å². The molecule has 116 valence electrons. The largest absolute Gasteiger partial charge is 0.485 e. The van der Waals surface area contributed by atoms with Crippen LogP contribution < -0.4 is 15.0 Å². The Labute approximate surface area is 132 Å². The van der Waals surface area contributed by atoms with E-state index in [9.17, 15) is 9.59 Å². The predicted octanol–water partition coefficient (Wildman–Crippen LogP) is 3.03. The van der Waals surface area contributed by atoms with Crippen molar-refractivity contribution in [1.82, 2.24) is 4.98 Å². The van der Waals surface area contributed by atoms with E-state index in [0.717, 1.165) is 16.5 Å². The molecule has 1 aromatic heterocycles. The van der Waals surface area contributed by atoms with Crippen LogP contribution in [0.3, 0.4) is 0 Å². The van der Waals surface area contributed by atoms with Gasteiger partial charge in [0.25, 0.3) is 0 Å². The van der Waals surface area contributed by atoms with E-state index in [1.165, 1.54) is 13.0 Å². The standard InChI is InChI=1S/C18H15NO4/c1-12(20)23-17-9-5-4-8-16(17)22-11-13-10-18(21)19-15-7-3-2-6-14(13)15/h2-10H,11H2,1H3,(H,19,21). The van der Waals surface area contributed by atoms with Gasteiger partial charge in [-0.05, 0) is 18.2 Å². The number of hydrogen-bond acceptors (Lipinski definition) is 4. The Balaban J connectivity index is 1.90. The molecule has 0 amide bonds. The third-order valence-electron chi connectivity index (χ3n) is 3.32. The third-order valence-corrected chi connectivity index (χ3v) is 3.32. The second-order valence-corrected chi connectivity index (χ2v) is 5.03. The lowest BCUT2D eigenvalue weighted by Crippen LogP contribution is -2.09.